The number of nitrogens with zero attached hydrogens (tertiary/aromatic N) is 1. The Morgan fingerprint density at radius 1 is 0.297 bits per heavy atom. The van der Waals surface area contributed by atoms with E-state index >= 15 is 0 Å². The summed E-state index contributed by atoms with van der Waals surface area (Å²) in [5.74, 6) is 0. The molecule has 0 radical (unpaired) electrons. The number of benzene rings is 12. The maximum atomic E-state index is 6.88. The first-order valence-electron chi connectivity index (χ1n) is 25.5. The maximum Gasteiger partial charge on any atom is 0.159 e. The normalized spacial score (nSPS) is 14.3. The van der Waals surface area contributed by atoms with Gasteiger partial charge in [0.15, 0.2) is 5.58 Å². The first-order valence-corrected chi connectivity index (χ1v) is 25.5. The molecule has 0 N–H and O–H groups in total. The molecule has 2 aromatic heterocycles. The molecule has 2 heterocycles. The topological polar surface area (TPSA) is 29.5 Å². The Morgan fingerprint density at radius 3 is 1.76 bits per heavy atom. The zero-order valence-corrected chi connectivity index (χ0v) is 40.1. The van der Waals surface area contributed by atoms with Crippen molar-refractivity contribution in [1.29, 1.82) is 0 Å². The molecule has 0 fully saturated rings. The van der Waals surface area contributed by atoms with Crippen LogP contribution in [0.1, 0.15) is 22.3 Å². The molecule has 3 heteroatoms. The SMILES string of the molecule is c1ccc(-c2ccc(N(c3cc(-c4ccc5c(c4)C4(c6ccccc6-5)c5ccccc5-c5c4ccc4oc6ccccc6c54)cc(-c4cccc5ccccc45)c3)c3cccc4c3oc3ccccc34)cc2)cc1. The summed E-state index contributed by atoms with van der Waals surface area (Å²) in [5, 5.41) is 6.90. The van der Waals surface area contributed by atoms with E-state index in [2.05, 4.69) is 260 Å². The van der Waals surface area contributed by atoms with E-state index in [0.29, 0.717) is 0 Å². The molecule has 1 spiro atoms. The van der Waals surface area contributed by atoms with Gasteiger partial charge in [-0.15, -0.1) is 0 Å². The molecule has 2 aliphatic rings. The molecule has 2 aliphatic carbocycles. The third-order valence-electron chi connectivity index (χ3n) is 16.1. The zero-order chi connectivity index (χ0) is 48.5. The summed E-state index contributed by atoms with van der Waals surface area (Å²) >= 11 is 0. The highest BCUT2D eigenvalue weighted by Crippen LogP contribution is 2.64. The molecule has 0 amide bonds. The summed E-state index contributed by atoms with van der Waals surface area (Å²) in [6.45, 7) is 0. The number of hydrogen-bond donors (Lipinski definition) is 0. The van der Waals surface area contributed by atoms with E-state index < -0.39 is 5.41 Å². The van der Waals surface area contributed by atoms with Gasteiger partial charge in [0.25, 0.3) is 0 Å². The summed E-state index contributed by atoms with van der Waals surface area (Å²) in [6, 6.07) is 95.4. The Morgan fingerprint density at radius 2 is 0.905 bits per heavy atom. The molecule has 0 aliphatic heterocycles. The van der Waals surface area contributed by atoms with Crippen LogP contribution in [0.15, 0.2) is 270 Å². The van der Waals surface area contributed by atoms with Crippen LogP contribution in [-0.2, 0) is 5.41 Å². The molecule has 12 aromatic carbocycles. The molecule has 1 unspecified atom stereocenters. The van der Waals surface area contributed by atoms with Crippen molar-refractivity contribution in [2.75, 3.05) is 4.90 Å². The second kappa shape index (κ2) is 15.6. The lowest BCUT2D eigenvalue weighted by atomic mass is 9.70. The van der Waals surface area contributed by atoms with Crippen molar-refractivity contribution in [3.63, 3.8) is 0 Å². The number of rotatable bonds is 6. The Labute approximate surface area is 427 Å². The fraction of sp³-hybridized carbons (Fsp3) is 0.0141. The molecule has 0 saturated heterocycles. The molecule has 1 atom stereocenters. The van der Waals surface area contributed by atoms with Gasteiger partial charge in [-0.2, -0.15) is 0 Å². The highest BCUT2D eigenvalue weighted by atomic mass is 16.3. The lowest BCUT2D eigenvalue weighted by molar-refractivity contribution is 0.668. The van der Waals surface area contributed by atoms with Crippen molar-refractivity contribution in [2.45, 2.75) is 5.41 Å². The Kier molecular flexibility index (Phi) is 8.66. The van der Waals surface area contributed by atoms with E-state index in [4.69, 9.17) is 8.83 Å². The minimum atomic E-state index is -0.569. The summed E-state index contributed by atoms with van der Waals surface area (Å²) in [5.41, 5.74) is 23.1. The maximum absolute atomic E-state index is 6.88. The monoisotopic (exact) mass is 941 g/mol. The molecule has 74 heavy (non-hydrogen) atoms. The predicted octanol–water partition coefficient (Wildman–Crippen LogP) is 19.5. The van der Waals surface area contributed by atoms with Crippen molar-refractivity contribution in [3.8, 4) is 55.6 Å². The van der Waals surface area contributed by atoms with Gasteiger partial charge in [-0.05, 0) is 149 Å². The predicted molar refractivity (Wildman–Crippen MR) is 306 cm³/mol. The van der Waals surface area contributed by atoms with Crippen LogP contribution in [0, 0.1) is 0 Å². The van der Waals surface area contributed by atoms with Gasteiger partial charge in [0, 0.05) is 32.9 Å². The number of fused-ring (bicyclic) bond motifs is 18. The summed E-state index contributed by atoms with van der Waals surface area (Å²) < 4.78 is 13.5. The van der Waals surface area contributed by atoms with Gasteiger partial charge < -0.3 is 13.7 Å². The van der Waals surface area contributed by atoms with Gasteiger partial charge in [0.05, 0.1) is 11.1 Å². The smallest absolute Gasteiger partial charge is 0.159 e. The van der Waals surface area contributed by atoms with Crippen LogP contribution in [0.5, 0.6) is 0 Å². The fourth-order valence-corrected chi connectivity index (χ4v) is 12.9. The number of anilines is 3. The van der Waals surface area contributed by atoms with Crippen molar-refractivity contribution in [1.82, 2.24) is 0 Å². The number of furan rings is 2. The summed E-state index contributed by atoms with van der Waals surface area (Å²) in [7, 11) is 0. The third kappa shape index (κ3) is 5.78. The van der Waals surface area contributed by atoms with Gasteiger partial charge in [-0.3, -0.25) is 0 Å². The highest BCUT2D eigenvalue weighted by Gasteiger charge is 2.52. The van der Waals surface area contributed by atoms with E-state index in [-0.39, 0.29) is 0 Å². The second-order valence-electron chi connectivity index (χ2n) is 19.9. The van der Waals surface area contributed by atoms with Crippen LogP contribution in [-0.4, -0.2) is 0 Å². The van der Waals surface area contributed by atoms with Gasteiger partial charge in [-0.1, -0.05) is 200 Å². The van der Waals surface area contributed by atoms with Gasteiger partial charge in [-0.25, -0.2) is 0 Å². The third-order valence-corrected chi connectivity index (χ3v) is 16.1. The fourth-order valence-electron chi connectivity index (χ4n) is 12.9. The first kappa shape index (κ1) is 41.0. The highest BCUT2D eigenvalue weighted by molar-refractivity contribution is 6.16. The van der Waals surface area contributed by atoms with Crippen LogP contribution in [0.4, 0.5) is 17.1 Å². The van der Waals surface area contributed by atoms with Crippen molar-refractivity contribution in [3.05, 3.63) is 283 Å². The Bertz CT molecular complexity index is 4610. The van der Waals surface area contributed by atoms with Crippen LogP contribution >= 0.6 is 0 Å². The Hall–Kier alpha value is -9.70. The van der Waals surface area contributed by atoms with Crippen LogP contribution < -0.4 is 4.90 Å². The Balaban J connectivity index is 0.968. The number of para-hydroxylation sites is 3. The van der Waals surface area contributed by atoms with Crippen molar-refractivity contribution < 1.29 is 8.83 Å². The van der Waals surface area contributed by atoms with Gasteiger partial charge in [0.1, 0.15) is 16.7 Å². The van der Waals surface area contributed by atoms with E-state index in [9.17, 15) is 0 Å². The number of hydrogen-bond acceptors (Lipinski definition) is 3. The van der Waals surface area contributed by atoms with Crippen LogP contribution in [0.25, 0.3) is 110 Å². The van der Waals surface area contributed by atoms with E-state index in [0.717, 1.165) is 77.8 Å². The second-order valence-corrected chi connectivity index (χ2v) is 19.9. The minimum absolute atomic E-state index is 0.569. The average molecular weight is 942 g/mol. The summed E-state index contributed by atoms with van der Waals surface area (Å²) in [4.78, 5) is 2.40. The molecule has 3 nitrogen and oxygen atoms in total. The zero-order valence-electron chi connectivity index (χ0n) is 40.1. The minimum Gasteiger partial charge on any atom is -0.456 e. The van der Waals surface area contributed by atoms with Crippen LogP contribution in [0.2, 0.25) is 0 Å². The molecule has 16 rings (SSSR count). The van der Waals surface area contributed by atoms with E-state index in [1.807, 2.05) is 6.07 Å². The quantitative estimate of drug-likeness (QED) is 0.166. The van der Waals surface area contributed by atoms with Crippen LogP contribution in [0.3, 0.4) is 0 Å². The molecule has 0 bridgehead atoms. The van der Waals surface area contributed by atoms with Gasteiger partial charge >= 0.3 is 0 Å². The average Bonchev–Trinajstić information content (AvgIpc) is 4.21. The van der Waals surface area contributed by atoms with Crippen molar-refractivity contribution in [2.24, 2.45) is 0 Å². The standard InChI is InChI=1S/C71H43NO2/c1-2-16-44(17-3-1)45-32-35-50(36-33-45)72(64-29-15-26-57-56-22-8-12-30-65(56)74-70(57)64)51-41-48(40-49(42-51)53-25-14-19-46-18-4-5-20-52(46)53)47-34-37-55-54-21-6-10-27-60(54)71(63(55)43-47)61-28-11-7-23-58(61)68-62(71)38-39-67-69(68)59-24-9-13-31-66(59)73-67/h1-43H. The van der Waals surface area contributed by atoms with E-state index in [1.54, 1.807) is 0 Å². The lowest BCUT2D eigenvalue weighted by Crippen LogP contribution is -2.25. The molecule has 344 valence electrons. The molecule has 0 saturated carbocycles. The molecular weight excluding hydrogens is 899 g/mol. The largest absolute Gasteiger partial charge is 0.456 e. The van der Waals surface area contributed by atoms with Gasteiger partial charge in [0.2, 0.25) is 0 Å². The first-order chi connectivity index (χ1) is 36.7. The molecular formula is C71H43NO2. The molecule has 14 aromatic rings. The lowest BCUT2D eigenvalue weighted by Gasteiger charge is -2.31. The summed E-state index contributed by atoms with van der Waals surface area (Å²) in [6.07, 6.45) is 0. The van der Waals surface area contributed by atoms with E-state index in [1.165, 1.54) is 71.8 Å². The van der Waals surface area contributed by atoms with Crippen molar-refractivity contribution >= 4 is 71.7 Å².